The molecule has 0 unspecified atom stereocenters. The van der Waals surface area contributed by atoms with Crippen LogP contribution in [0.25, 0.3) is 10.9 Å². The lowest BCUT2D eigenvalue weighted by atomic mass is 10.1. The van der Waals surface area contributed by atoms with Crippen molar-refractivity contribution in [1.82, 2.24) is 15.3 Å². The maximum absolute atomic E-state index is 12.3. The van der Waals surface area contributed by atoms with Gasteiger partial charge in [0.05, 0.1) is 5.56 Å². The van der Waals surface area contributed by atoms with E-state index in [1.54, 1.807) is 18.5 Å². The minimum absolute atomic E-state index is 0.239. The van der Waals surface area contributed by atoms with Gasteiger partial charge in [-0.25, -0.2) is 0 Å². The first-order valence-electron chi connectivity index (χ1n) is 7.03. The van der Waals surface area contributed by atoms with Gasteiger partial charge in [-0.3, -0.25) is 14.6 Å². The van der Waals surface area contributed by atoms with Crippen molar-refractivity contribution in [3.05, 3.63) is 76.3 Å². The number of hydrogen-bond acceptors (Lipinski definition) is 3. The number of H-pyrrole nitrogens is 1. The van der Waals surface area contributed by atoms with E-state index >= 15 is 0 Å². The van der Waals surface area contributed by atoms with Crippen LogP contribution in [-0.4, -0.2) is 22.4 Å². The summed E-state index contributed by atoms with van der Waals surface area (Å²) in [5.41, 5.74) is 1.88. The number of para-hydroxylation sites is 1. The van der Waals surface area contributed by atoms with Crippen molar-refractivity contribution in [2.24, 2.45) is 0 Å². The van der Waals surface area contributed by atoms with Gasteiger partial charge in [0.1, 0.15) is 0 Å². The van der Waals surface area contributed by atoms with Gasteiger partial charge < -0.3 is 10.3 Å². The Bertz CT molecular complexity index is 856. The summed E-state index contributed by atoms with van der Waals surface area (Å²) in [6.45, 7) is 0.504. The van der Waals surface area contributed by atoms with Crippen molar-refractivity contribution >= 4 is 16.8 Å². The van der Waals surface area contributed by atoms with Gasteiger partial charge in [0.15, 0.2) is 0 Å². The largest absolute Gasteiger partial charge is 0.352 e. The average Bonchev–Trinajstić information content (AvgIpc) is 2.55. The van der Waals surface area contributed by atoms with Gasteiger partial charge >= 0.3 is 0 Å². The summed E-state index contributed by atoms with van der Waals surface area (Å²) in [5, 5.41) is 3.59. The highest BCUT2D eigenvalue weighted by Crippen LogP contribution is 2.14. The number of nitrogens with one attached hydrogen (secondary N) is 2. The van der Waals surface area contributed by atoms with Crippen LogP contribution in [0.4, 0.5) is 0 Å². The number of pyridine rings is 2. The number of hydrogen-bond donors (Lipinski definition) is 2. The molecule has 0 aliphatic rings. The Hall–Kier alpha value is -2.95. The van der Waals surface area contributed by atoms with E-state index in [2.05, 4.69) is 15.3 Å². The van der Waals surface area contributed by atoms with E-state index in [0.29, 0.717) is 17.6 Å². The minimum Gasteiger partial charge on any atom is -0.352 e. The number of benzene rings is 1. The number of carbonyl (C=O) groups excluding carboxylic acids is 1. The second-order valence-electron chi connectivity index (χ2n) is 4.95. The van der Waals surface area contributed by atoms with Crippen molar-refractivity contribution in [2.75, 3.05) is 6.54 Å². The first-order chi connectivity index (χ1) is 10.7. The number of nitrogens with zero attached hydrogens (tertiary/aromatic N) is 1. The van der Waals surface area contributed by atoms with Gasteiger partial charge in [0, 0.05) is 35.9 Å². The molecule has 0 saturated carbocycles. The number of aromatic nitrogens is 2. The van der Waals surface area contributed by atoms with Crippen LogP contribution in [-0.2, 0) is 6.42 Å². The van der Waals surface area contributed by atoms with Crippen LogP contribution in [0.15, 0.2) is 59.7 Å². The molecule has 22 heavy (non-hydrogen) atoms. The third-order valence-corrected chi connectivity index (χ3v) is 3.44. The molecule has 0 radical (unpaired) electrons. The lowest BCUT2D eigenvalue weighted by molar-refractivity contribution is 0.0955. The van der Waals surface area contributed by atoms with Crippen molar-refractivity contribution in [3.63, 3.8) is 0 Å². The molecule has 0 atom stereocenters. The zero-order valence-electron chi connectivity index (χ0n) is 11.9. The predicted molar refractivity (Wildman–Crippen MR) is 84.8 cm³/mol. The molecule has 0 bridgehead atoms. The molecule has 2 N–H and O–H groups in total. The summed E-state index contributed by atoms with van der Waals surface area (Å²) in [6, 6.07) is 12.4. The second-order valence-corrected chi connectivity index (χ2v) is 4.95. The summed E-state index contributed by atoms with van der Waals surface area (Å²) in [5.74, 6) is -0.239. The van der Waals surface area contributed by atoms with E-state index in [9.17, 15) is 9.59 Å². The first kappa shape index (κ1) is 14.0. The Balaban J connectivity index is 1.76. The highest BCUT2D eigenvalue weighted by atomic mass is 16.2. The molecule has 0 aliphatic carbocycles. The zero-order chi connectivity index (χ0) is 15.4. The fourth-order valence-corrected chi connectivity index (χ4v) is 2.36. The zero-order valence-corrected chi connectivity index (χ0v) is 11.9. The third kappa shape index (κ3) is 3.03. The van der Waals surface area contributed by atoms with Gasteiger partial charge in [-0.05, 0) is 30.2 Å². The van der Waals surface area contributed by atoms with Crippen molar-refractivity contribution in [2.45, 2.75) is 6.42 Å². The Morgan fingerprint density at radius 3 is 2.73 bits per heavy atom. The summed E-state index contributed by atoms with van der Waals surface area (Å²) in [7, 11) is 0. The standard InChI is InChI=1S/C17H15N3O2/c21-16-11-14(13-3-1-2-4-15(13)20-16)17(22)19-10-7-12-5-8-18-9-6-12/h1-6,8-9,11H,7,10H2,(H,19,22)(H,20,21). The molecule has 110 valence electrons. The molecule has 5 heteroatoms. The SMILES string of the molecule is O=C(NCCc1ccncc1)c1cc(=O)[nH]c2ccccc12. The second kappa shape index (κ2) is 6.22. The Kier molecular flexibility index (Phi) is 3.96. The van der Waals surface area contributed by atoms with Crippen molar-refractivity contribution < 1.29 is 4.79 Å². The molecular formula is C17H15N3O2. The smallest absolute Gasteiger partial charge is 0.252 e. The summed E-state index contributed by atoms with van der Waals surface area (Å²) in [6.07, 6.45) is 4.16. The molecule has 0 saturated heterocycles. The Morgan fingerprint density at radius 1 is 1.14 bits per heavy atom. The molecule has 0 aliphatic heterocycles. The minimum atomic E-state index is -0.280. The molecular weight excluding hydrogens is 278 g/mol. The molecule has 0 fully saturated rings. The number of amides is 1. The van der Waals surface area contributed by atoms with Gasteiger partial charge in [0.2, 0.25) is 5.56 Å². The quantitative estimate of drug-likeness (QED) is 0.771. The van der Waals surface area contributed by atoms with Gasteiger partial charge in [-0.15, -0.1) is 0 Å². The Labute approximate surface area is 127 Å². The number of aromatic amines is 1. The number of rotatable bonds is 4. The molecule has 2 aromatic heterocycles. The molecule has 0 spiro atoms. The van der Waals surface area contributed by atoms with Gasteiger partial charge in [-0.2, -0.15) is 0 Å². The molecule has 5 nitrogen and oxygen atoms in total. The fraction of sp³-hybridized carbons (Fsp3) is 0.118. The lowest BCUT2D eigenvalue weighted by Gasteiger charge is -2.08. The maximum Gasteiger partial charge on any atom is 0.252 e. The average molecular weight is 293 g/mol. The third-order valence-electron chi connectivity index (χ3n) is 3.44. The van der Waals surface area contributed by atoms with Crippen LogP contribution >= 0.6 is 0 Å². The van der Waals surface area contributed by atoms with E-state index < -0.39 is 0 Å². The molecule has 1 aromatic carbocycles. The Morgan fingerprint density at radius 2 is 1.91 bits per heavy atom. The first-order valence-corrected chi connectivity index (χ1v) is 7.03. The van der Waals surface area contributed by atoms with Gasteiger partial charge in [-0.1, -0.05) is 18.2 Å². The molecule has 3 aromatic rings. The van der Waals surface area contributed by atoms with Crippen LogP contribution in [0.2, 0.25) is 0 Å². The van der Waals surface area contributed by atoms with Crippen molar-refractivity contribution in [1.29, 1.82) is 0 Å². The normalized spacial score (nSPS) is 10.5. The van der Waals surface area contributed by atoms with Crippen molar-refractivity contribution in [3.8, 4) is 0 Å². The van der Waals surface area contributed by atoms with Crippen LogP contribution in [0, 0.1) is 0 Å². The van der Waals surface area contributed by atoms with E-state index in [1.165, 1.54) is 6.07 Å². The highest BCUT2D eigenvalue weighted by molar-refractivity contribution is 6.05. The summed E-state index contributed by atoms with van der Waals surface area (Å²) < 4.78 is 0. The molecule has 1 amide bonds. The number of carbonyl (C=O) groups is 1. The maximum atomic E-state index is 12.3. The summed E-state index contributed by atoms with van der Waals surface area (Å²) >= 11 is 0. The van der Waals surface area contributed by atoms with Crippen LogP contribution in [0.5, 0.6) is 0 Å². The van der Waals surface area contributed by atoms with E-state index in [-0.39, 0.29) is 11.5 Å². The monoisotopic (exact) mass is 293 g/mol. The van der Waals surface area contributed by atoms with Crippen LogP contribution in [0.1, 0.15) is 15.9 Å². The van der Waals surface area contributed by atoms with E-state index in [4.69, 9.17) is 0 Å². The summed E-state index contributed by atoms with van der Waals surface area (Å²) in [4.78, 5) is 30.7. The topological polar surface area (TPSA) is 74.8 Å². The van der Waals surface area contributed by atoms with E-state index in [0.717, 1.165) is 17.4 Å². The molecule has 2 heterocycles. The predicted octanol–water partition coefficient (Wildman–Crippen LogP) is 1.90. The van der Waals surface area contributed by atoms with Crippen LogP contribution < -0.4 is 10.9 Å². The highest BCUT2D eigenvalue weighted by Gasteiger charge is 2.10. The lowest BCUT2D eigenvalue weighted by Crippen LogP contribution is -2.27. The van der Waals surface area contributed by atoms with Crippen LogP contribution in [0.3, 0.4) is 0 Å². The van der Waals surface area contributed by atoms with Gasteiger partial charge in [0.25, 0.3) is 5.91 Å². The molecule has 3 rings (SSSR count). The number of fused-ring (bicyclic) bond motifs is 1. The van der Waals surface area contributed by atoms with E-state index in [1.807, 2.05) is 30.3 Å². The fourth-order valence-electron chi connectivity index (χ4n) is 2.36.